The normalized spacial score (nSPS) is 10.0. The van der Waals surface area contributed by atoms with Crippen LogP contribution in [0.2, 0.25) is 0 Å². The van der Waals surface area contributed by atoms with Crippen LogP contribution >= 0.6 is 12.4 Å². The number of anilines is 1. The Hall–Kier alpha value is -2.04. The van der Waals surface area contributed by atoms with Crippen molar-refractivity contribution in [3.8, 4) is 5.75 Å². The first kappa shape index (κ1) is 20.0. The van der Waals surface area contributed by atoms with Crippen LogP contribution in [0.15, 0.2) is 36.4 Å². The molecule has 0 aliphatic carbocycles. The maximum atomic E-state index is 12.0. The average Bonchev–Trinajstić information content (AvgIpc) is 2.52. The van der Waals surface area contributed by atoms with Gasteiger partial charge in [0.15, 0.2) is 0 Å². The second-order valence-corrected chi connectivity index (χ2v) is 5.75. The Morgan fingerprint density at radius 3 is 2.42 bits per heavy atom. The van der Waals surface area contributed by atoms with Crippen LogP contribution in [0.25, 0.3) is 0 Å². The quantitative estimate of drug-likeness (QED) is 0.832. The molecule has 4 nitrogen and oxygen atoms in total. The predicted molar refractivity (Wildman–Crippen MR) is 101 cm³/mol. The maximum Gasteiger partial charge on any atom is 0.227 e. The van der Waals surface area contributed by atoms with E-state index in [-0.39, 0.29) is 18.3 Å². The molecule has 0 aromatic heterocycles. The molecule has 0 aliphatic rings. The van der Waals surface area contributed by atoms with Crippen LogP contribution in [-0.4, -0.2) is 12.5 Å². The molecule has 0 saturated carbocycles. The molecule has 2 aromatic carbocycles. The Bertz CT molecular complexity index is 685. The zero-order chi connectivity index (χ0) is 16.8. The van der Waals surface area contributed by atoms with E-state index in [9.17, 15) is 4.79 Å². The smallest absolute Gasteiger partial charge is 0.227 e. The number of benzene rings is 2. The van der Waals surface area contributed by atoms with E-state index in [1.165, 1.54) is 5.56 Å². The van der Waals surface area contributed by atoms with Crippen LogP contribution in [0.5, 0.6) is 5.75 Å². The molecule has 2 aromatic rings. The molecule has 0 spiro atoms. The molecule has 0 fully saturated rings. The lowest BCUT2D eigenvalue weighted by molar-refractivity contribution is -0.116. The fraction of sp³-hybridized carbons (Fsp3) is 0.316. The van der Waals surface area contributed by atoms with E-state index >= 15 is 0 Å². The first-order chi connectivity index (χ1) is 11.0. The minimum atomic E-state index is -0.0625. The number of hydrogen-bond acceptors (Lipinski definition) is 3. The monoisotopic (exact) mass is 348 g/mol. The molecular weight excluding hydrogens is 324 g/mol. The highest BCUT2D eigenvalue weighted by Crippen LogP contribution is 2.23. The molecule has 0 heterocycles. The van der Waals surface area contributed by atoms with Gasteiger partial charge in [-0.2, -0.15) is 0 Å². The van der Waals surface area contributed by atoms with Crippen molar-refractivity contribution in [3.05, 3.63) is 58.7 Å². The number of ether oxygens (including phenoxy) is 1. The van der Waals surface area contributed by atoms with Gasteiger partial charge < -0.3 is 15.8 Å². The first-order valence-electron chi connectivity index (χ1n) is 7.79. The van der Waals surface area contributed by atoms with Crippen molar-refractivity contribution in [3.63, 3.8) is 0 Å². The van der Waals surface area contributed by atoms with Crippen molar-refractivity contribution in [1.82, 2.24) is 0 Å². The van der Waals surface area contributed by atoms with E-state index in [1.54, 1.807) is 0 Å². The number of nitrogens with one attached hydrogen (secondary N) is 1. The zero-order valence-corrected chi connectivity index (χ0v) is 15.2. The van der Waals surface area contributed by atoms with E-state index in [4.69, 9.17) is 10.5 Å². The van der Waals surface area contributed by atoms with Gasteiger partial charge in [-0.15, -0.1) is 12.4 Å². The molecule has 24 heavy (non-hydrogen) atoms. The maximum absolute atomic E-state index is 12.0. The van der Waals surface area contributed by atoms with Crippen molar-refractivity contribution in [2.75, 3.05) is 11.9 Å². The third-order valence-electron chi connectivity index (χ3n) is 3.82. The Labute approximate surface area is 149 Å². The van der Waals surface area contributed by atoms with Gasteiger partial charge in [-0.1, -0.05) is 18.2 Å². The molecular formula is C19H25ClN2O2. The summed E-state index contributed by atoms with van der Waals surface area (Å²) in [5.74, 6) is 0.787. The fourth-order valence-electron chi connectivity index (χ4n) is 2.35. The van der Waals surface area contributed by atoms with Crippen LogP contribution in [0.1, 0.15) is 28.7 Å². The Morgan fingerprint density at radius 2 is 1.79 bits per heavy atom. The first-order valence-corrected chi connectivity index (χ1v) is 7.79. The molecule has 0 atom stereocenters. The molecule has 2 rings (SSSR count). The summed E-state index contributed by atoms with van der Waals surface area (Å²) in [6, 6.07) is 11.7. The van der Waals surface area contributed by atoms with Gasteiger partial charge in [0.25, 0.3) is 0 Å². The Balaban J connectivity index is 0.00000288. The highest BCUT2D eigenvalue weighted by molar-refractivity contribution is 5.90. The molecule has 130 valence electrons. The summed E-state index contributed by atoms with van der Waals surface area (Å²) in [6.07, 6.45) is 0.311. The van der Waals surface area contributed by atoms with Gasteiger partial charge in [-0.25, -0.2) is 0 Å². The lowest BCUT2D eigenvalue weighted by atomic mass is 10.1. The standard InChI is InChI=1S/C19H24N2O2.ClH/c1-13-10-14(2)15(3)18(11-13)23-9-8-19(22)21-17-6-4-16(12-20)5-7-17;/h4-7,10-11H,8-9,12,20H2,1-3H3,(H,21,22);1H. The van der Waals surface area contributed by atoms with Crippen LogP contribution in [0.3, 0.4) is 0 Å². The molecule has 0 unspecified atom stereocenters. The van der Waals surface area contributed by atoms with Crippen molar-refractivity contribution in [2.24, 2.45) is 5.73 Å². The highest BCUT2D eigenvalue weighted by Gasteiger charge is 2.06. The number of carbonyl (C=O) groups excluding carboxylic acids is 1. The summed E-state index contributed by atoms with van der Waals surface area (Å²) in [7, 11) is 0. The number of carbonyl (C=O) groups is 1. The summed E-state index contributed by atoms with van der Waals surface area (Å²) >= 11 is 0. The van der Waals surface area contributed by atoms with Crippen molar-refractivity contribution >= 4 is 24.0 Å². The number of nitrogens with two attached hydrogens (primary N) is 1. The van der Waals surface area contributed by atoms with Gasteiger partial charge in [0, 0.05) is 12.2 Å². The number of hydrogen-bond donors (Lipinski definition) is 2. The summed E-state index contributed by atoms with van der Waals surface area (Å²) in [5.41, 5.74) is 10.8. The van der Waals surface area contributed by atoms with Crippen LogP contribution in [0.4, 0.5) is 5.69 Å². The van der Waals surface area contributed by atoms with E-state index in [2.05, 4.69) is 18.3 Å². The highest BCUT2D eigenvalue weighted by atomic mass is 35.5. The van der Waals surface area contributed by atoms with Crippen molar-refractivity contribution < 1.29 is 9.53 Å². The van der Waals surface area contributed by atoms with Gasteiger partial charge in [0.05, 0.1) is 13.0 Å². The molecule has 5 heteroatoms. The second kappa shape index (κ2) is 9.30. The van der Waals surface area contributed by atoms with Gasteiger partial charge >= 0.3 is 0 Å². The minimum Gasteiger partial charge on any atom is -0.493 e. The zero-order valence-electron chi connectivity index (χ0n) is 14.4. The van der Waals surface area contributed by atoms with Gasteiger partial charge in [-0.05, 0) is 61.2 Å². The molecule has 0 aliphatic heterocycles. The Morgan fingerprint density at radius 1 is 1.12 bits per heavy atom. The molecule has 1 amide bonds. The number of halogens is 1. The topological polar surface area (TPSA) is 64.3 Å². The molecule has 0 bridgehead atoms. The molecule has 0 radical (unpaired) electrons. The minimum absolute atomic E-state index is 0. The fourth-order valence-corrected chi connectivity index (χ4v) is 2.35. The number of amides is 1. The SMILES string of the molecule is Cc1cc(C)c(C)c(OCCC(=O)Nc2ccc(CN)cc2)c1.Cl. The van der Waals surface area contributed by atoms with E-state index in [0.29, 0.717) is 19.6 Å². The van der Waals surface area contributed by atoms with Crippen LogP contribution in [0, 0.1) is 20.8 Å². The van der Waals surface area contributed by atoms with E-state index in [0.717, 1.165) is 28.1 Å². The van der Waals surface area contributed by atoms with Crippen molar-refractivity contribution in [1.29, 1.82) is 0 Å². The number of rotatable bonds is 6. The van der Waals surface area contributed by atoms with Gasteiger partial charge in [-0.3, -0.25) is 4.79 Å². The Kier molecular flexibility index (Phi) is 7.75. The van der Waals surface area contributed by atoms with E-state index < -0.39 is 0 Å². The lowest BCUT2D eigenvalue weighted by Crippen LogP contribution is -2.15. The predicted octanol–water partition coefficient (Wildman–Crippen LogP) is 3.90. The van der Waals surface area contributed by atoms with Crippen LogP contribution in [-0.2, 0) is 11.3 Å². The largest absolute Gasteiger partial charge is 0.493 e. The average molecular weight is 349 g/mol. The summed E-state index contributed by atoms with van der Waals surface area (Å²) < 4.78 is 5.77. The second-order valence-electron chi connectivity index (χ2n) is 5.75. The lowest BCUT2D eigenvalue weighted by Gasteiger charge is -2.12. The third kappa shape index (κ3) is 5.55. The van der Waals surface area contributed by atoms with Gasteiger partial charge in [0.2, 0.25) is 5.91 Å². The van der Waals surface area contributed by atoms with Crippen LogP contribution < -0.4 is 15.8 Å². The third-order valence-corrected chi connectivity index (χ3v) is 3.82. The molecule has 0 saturated heterocycles. The summed E-state index contributed by atoms with van der Waals surface area (Å²) in [6.45, 7) is 6.99. The molecule has 3 N–H and O–H groups in total. The summed E-state index contributed by atoms with van der Waals surface area (Å²) in [4.78, 5) is 12.0. The number of aryl methyl sites for hydroxylation is 2. The van der Waals surface area contributed by atoms with Crippen molar-refractivity contribution in [2.45, 2.75) is 33.7 Å². The van der Waals surface area contributed by atoms with Gasteiger partial charge in [0.1, 0.15) is 5.75 Å². The van der Waals surface area contributed by atoms with E-state index in [1.807, 2.05) is 44.2 Å². The summed E-state index contributed by atoms with van der Waals surface area (Å²) in [5, 5.41) is 2.86.